The van der Waals surface area contributed by atoms with Gasteiger partial charge in [0.2, 0.25) is 5.91 Å². The highest BCUT2D eigenvalue weighted by Gasteiger charge is 2.14. The van der Waals surface area contributed by atoms with Crippen LogP contribution in [0.25, 0.3) is 0 Å². The van der Waals surface area contributed by atoms with Gasteiger partial charge in [0.15, 0.2) is 0 Å². The average molecular weight is 279 g/mol. The highest BCUT2D eigenvalue weighted by molar-refractivity contribution is 5.76. The second kappa shape index (κ2) is 8.19. The largest absolute Gasteiger partial charge is 0.508 e. The Kier molecular flexibility index (Phi) is 6.56. The summed E-state index contributed by atoms with van der Waals surface area (Å²) in [5.41, 5.74) is 0.955. The number of amides is 1. The van der Waals surface area contributed by atoms with E-state index in [0.29, 0.717) is 19.3 Å². The van der Waals surface area contributed by atoms with Crippen LogP contribution >= 0.6 is 0 Å². The van der Waals surface area contributed by atoms with Crippen molar-refractivity contribution in [2.45, 2.75) is 39.2 Å². The summed E-state index contributed by atoms with van der Waals surface area (Å²) in [4.78, 5) is 22.7. The molecule has 0 aliphatic heterocycles. The van der Waals surface area contributed by atoms with Crippen molar-refractivity contribution in [3.05, 3.63) is 29.8 Å². The van der Waals surface area contributed by atoms with Crippen molar-refractivity contribution in [1.29, 1.82) is 0 Å². The van der Waals surface area contributed by atoms with E-state index in [1.54, 1.807) is 38.1 Å². The number of hydrogen-bond donors (Lipinski definition) is 2. The fourth-order valence-electron chi connectivity index (χ4n) is 1.69. The van der Waals surface area contributed by atoms with Crippen LogP contribution in [0.15, 0.2) is 24.3 Å². The van der Waals surface area contributed by atoms with Crippen LogP contribution in [-0.2, 0) is 20.7 Å². The zero-order valence-corrected chi connectivity index (χ0v) is 11.9. The molecule has 0 unspecified atom stereocenters. The molecule has 0 saturated carbocycles. The first-order valence-corrected chi connectivity index (χ1v) is 6.78. The van der Waals surface area contributed by atoms with Gasteiger partial charge >= 0.3 is 5.97 Å². The highest BCUT2D eigenvalue weighted by Crippen LogP contribution is 2.11. The van der Waals surface area contributed by atoms with Crippen molar-refractivity contribution in [3.63, 3.8) is 0 Å². The molecule has 0 aliphatic rings. The SMILES string of the molecule is CCC(=O)N[C@H](COC(=O)CC)Cc1ccc(O)cc1. The predicted molar refractivity (Wildman–Crippen MR) is 75.3 cm³/mol. The smallest absolute Gasteiger partial charge is 0.305 e. The molecular weight excluding hydrogens is 258 g/mol. The number of phenols is 1. The average Bonchev–Trinajstić information content (AvgIpc) is 2.46. The van der Waals surface area contributed by atoms with E-state index in [4.69, 9.17) is 4.74 Å². The quantitative estimate of drug-likeness (QED) is 0.746. The molecule has 1 aromatic carbocycles. The van der Waals surface area contributed by atoms with Crippen molar-refractivity contribution in [3.8, 4) is 5.75 Å². The number of aromatic hydroxyl groups is 1. The molecule has 0 spiro atoms. The molecule has 5 heteroatoms. The number of hydrogen-bond acceptors (Lipinski definition) is 4. The molecule has 110 valence electrons. The topological polar surface area (TPSA) is 75.6 Å². The Morgan fingerprint density at radius 2 is 1.85 bits per heavy atom. The number of phenolic OH excluding ortho intramolecular Hbond substituents is 1. The van der Waals surface area contributed by atoms with E-state index in [-0.39, 0.29) is 30.3 Å². The van der Waals surface area contributed by atoms with Gasteiger partial charge in [-0.2, -0.15) is 0 Å². The van der Waals surface area contributed by atoms with Crippen molar-refractivity contribution in [2.24, 2.45) is 0 Å². The molecule has 5 nitrogen and oxygen atoms in total. The maximum Gasteiger partial charge on any atom is 0.305 e. The molecule has 1 atom stereocenters. The van der Waals surface area contributed by atoms with Crippen LogP contribution in [0.3, 0.4) is 0 Å². The molecule has 1 amide bonds. The number of benzene rings is 1. The summed E-state index contributed by atoms with van der Waals surface area (Å²) in [5, 5.41) is 12.1. The summed E-state index contributed by atoms with van der Waals surface area (Å²) >= 11 is 0. The molecule has 0 saturated heterocycles. The standard InChI is InChI=1S/C15H21NO4/c1-3-14(18)16-12(10-20-15(19)4-2)9-11-5-7-13(17)8-6-11/h5-8,12,17H,3-4,9-10H2,1-2H3,(H,16,18)/t12-/m0/s1. The van der Waals surface area contributed by atoms with E-state index >= 15 is 0 Å². The minimum absolute atomic E-state index is 0.0821. The Morgan fingerprint density at radius 3 is 2.40 bits per heavy atom. The van der Waals surface area contributed by atoms with Crippen LogP contribution in [0.1, 0.15) is 32.3 Å². The monoisotopic (exact) mass is 279 g/mol. The number of carbonyl (C=O) groups is 2. The molecule has 1 aromatic rings. The van der Waals surface area contributed by atoms with Gasteiger partial charge in [-0.15, -0.1) is 0 Å². The molecule has 0 fully saturated rings. The summed E-state index contributed by atoms with van der Waals surface area (Å²) in [7, 11) is 0. The lowest BCUT2D eigenvalue weighted by atomic mass is 10.1. The minimum Gasteiger partial charge on any atom is -0.508 e. The molecule has 0 heterocycles. The predicted octanol–water partition coefficient (Wildman–Crippen LogP) is 1.78. The van der Waals surface area contributed by atoms with E-state index < -0.39 is 0 Å². The van der Waals surface area contributed by atoms with E-state index in [1.165, 1.54) is 0 Å². The van der Waals surface area contributed by atoms with Gasteiger partial charge in [0, 0.05) is 12.8 Å². The first-order chi connectivity index (χ1) is 9.55. The molecule has 0 aliphatic carbocycles. The third-order valence-corrected chi connectivity index (χ3v) is 2.84. The van der Waals surface area contributed by atoms with Crippen LogP contribution in [0.4, 0.5) is 0 Å². The third-order valence-electron chi connectivity index (χ3n) is 2.84. The summed E-state index contributed by atoms with van der Waals surface area (Å²) in [5.74, 6) is -0.173. The van der Waals surface area contributed by atoms with Crippen molar-refractivity contribution >= 4 is 11.9 Å². The van der Waals surface area contributed by atoms with E-state index in [0.717, 1.165) is 5.56 Å². The third kappa shape index (κ3) is 5.73. The Bertz CT molecular complexity index is 442. The Balaban J connectivity index is 2.63. The number of nitrogens with one attached hydrogen (secondary N) is 1. The number of rotatable bonds is 7. The van der Waals surface area contributed by atoms with Gasteiger partial charge < -0.3 is 15.2 Å². The maximum atomic E-state index is 11.5. The lowest BCUT2D eigenvalue weighted by Crippen LogP contribution is -2.40. The maximum absolute atomic E-state index is 11.5. The van der Waals surface area contributed by atoms with Gasteiger partial charge in [0.1, 0.15) is 12.4 Å². The summed E-state index contributed by atoms with van der Waals surface area (Å²) in [6.45, 7) is 3.65. The van der Waals surface area contributed by atoms with Crippen LogP contribution in [0.2, 0.25) is 0 Å². The van der Waals surface area contributed by atoms with Gasteiger partial charge in [-0.1, -0.05) is 26.0 Å². The molecule has 1 rings (SSSR count). The van der Waals surface area contributed by atoms with Gasteiger partial charge in [0.05, 0.1) is 6.04 Å². The molecular formula is C15H21NO4. The molecule has 0 aromatic heterocycles. The molecule has 0 radical (unpaired) electrons. The van der Waals surface area contributed by atoms with Gasteiger partial charge in [-0.3, -0.25) is 9.59 Å². The normalized spacial score (nSPS) is 11.7. The van der Waals surface area contributed by atoms with Gasteiger partial charge in [0.25, 0.3) is 0 Å². The van der Waals surface area contributed by atoms with E-state index in [1.807, 2.05) is 0 Å². The second-order valence-corrected chi connectivity index (χ2v) is 4.53. The first-order valence-electron chi connectivity index (χ1n) is 6.78. The zero-order chi connectivity index (χ0) is 15.0. The summed E-state index contributed by atoms with van der Waals surface area (Å²) in [6.07, 6.45) is 1.24. The van der Waals surface area contributed by atoms with Gasteiger partial charge in [-0.25, -0.2) is 0 Å². The van der Waals surface area contributed by atoms with Crippen molar-refractivity contribution in [2.75, 3.05) is 6.61 Å². The molecule has 0 bridgehead atoms. The summed E-state index contributed by atoms with van der Waals surface area (Å²) < 4.78 is 5.09. The fourth-order valence-corrected chi connectivity index (χ4v) is 1.69. The van der Waals surface area contributed by atoms with Crippen LogP contribution < -0.4 is 5.32 Å². The second-order valence-electron chi connectivity index (χ2n) is 4.53. The lowest BCUT2D eigenvalue weighted by molar-refractivity contribution is -0.144. The Labute approximate surface area is 118 Å². The number of ether oxygens (including phenoxy) is 1. The van der Waals surface area contributed by atoms with Crippen molar-refractivity contribution < 1.29 is 19.4 Å². The van der Waals surface area contributed by atoms with Crippen molar-refractivity contribution in [1.82, 2.24) is 5.32 Å². The molecule has 2 N–H and O–H groups in total. The Morgan fingerprint density at radius 1 is 1.20 bits per heavy atom. The highest BCUT2D eigenvalue weighted by atomic mass is 16.5. The minimum atomic E-state index is -0.286. The van der Waals surface area contributed by atoms with Crippen LogP contribution in [0.5, 0.6) is 5.75 Å². The first kappa shape index (κ1) is 16.0. The lowest BCUT2D eigenvalue weighted by Gasteiger charge is -2.18. The number of carbonyl (C=O) groups excluding carboxylic acids is 2. The van der Waals surface area contributed by atoms with E-state index in [2.05, 4.69) is 5.32 Å². The molecule has 20 heavy (non-hydrogen) atoms. The Hall–Kier alpha value is -2.04. The summed E-state index contributed by atoms with van der Waals surface area (Å²) in [6, 6.07) is 6.48. The van der Waals surface area contributed by atoms with Crippen LogP contribution in [-0.4, -0.2) is 29.6 Å². The fraction of sp³-hybridized carbons (Fsp3) is 0.467. The number of esters is 1. The van der Waals surface area contributed by atoms with Gasteiger partial charge in [-0.05, 0) is 24.1 Å². The van der Waals surface area contributed by atoms with Crippen LogP contribution in [0, 0.1) is 0 Å². The van der Waals surface area contributed by atoms with E-state index in [9.17, 15) is 14.7 Å². The zero-order valence-electron chi connectivity index (χ0n) is 11.9.